The minimum atomic E-state index is 0.0980. The lowest BCUT2D eigenvalue weighted by atomic mass is 9.89. The van der Waals surface area contributed by atoms with Crippen LogP contribution in [0.3, 0.4) is 0 Å². The molecule has 1 nitrogen and oxygen atoms in total. The minimum Gasteiger partial charge on any atom is -0.299 e. The molecule has 1 rings (SSSR count). The maximum absolute atomic E-state index is 11.7. The highest BCUT2D eigenvalue weighted by Gasteiger charge is 2.17. The zero-order valence-electron chi connectivity index (χ0n) is 8.76. The number of hydrogen-bond acceptors (Lipinski definition) is 2. The van der Waals surface area contributed by atoms with Crippen molar-refractivity contribution in [3.63, 3.8) is 0 Å². The van der Waals surface area contributed by atoms with E-state index in [0.717, 1.165) is 9.35 Å². The van der Waals surface area contributed by atoms with E-state index in [1.165, 1.54) is 0 Å². The Bertz CT molecular complexity index is 322. The molecule has 0 unspecified atom stereocenters. The van der Waals surface area contributed by atoms with Gasteiger partial charge in [-0.1, -0.05) is 20.8 Å². The standard InChI is InChI=1S/C11H15BrOS/c1-11(2,3)7-8(13)6-10-9(12)4-5-14-10/h4-5H,6-7H2,1-3H3. The highest BCUT2D eigenvalue weighted by molar-refractivity contribution is 9.10. The predicted molar refractivity (Wildman–Crippen MR) is 64.8 cm³/mol. The molecule has 1 aromatic rings. The van der Waals surface area contributed by atoms with E-state index in [1.807, 2.05) is 11.4 Å². The lowest BCUT2D eigenvalue weighted by Gasteiger charge is -2.16. The van der Waals surface area contributed by atoms with Gasteiger partial charge in [-0.05, 0) is 32.8 Å². The molecule has 0 amide bonds. The largest absolute Gasteiger partial charge is 0.299 e. The summed E-state index contributed by atoms with van der Waals surface area (Å²) in [5.41, 5.74) is 0.0980. The van der Waals surface area contributed by atoms with Crippen LogP contribution in [-0.4, -0.2) is 5.78 Å². The highest BCUT2D eigenvalue weighted by Crippen LogP contribution is 2.26. The molecule has 1 heterocycles. The van der Waals surface area contributed by atoms with Crippen LogP contribution in [0.25, 0.3) is 0 Å². The number of rotatable bonds is 3. The van der Waals surface area contributed by atoms with Crippen molar-refractivity contribution in [2.45, 2.75) is 33.6 Å². The van der Waals surface area contributed by atoms with Crippen molar-refractivity contribution in [1.82, 2.24) is 0 Å². The van der Waals surface area contributed by atoms with Crippen molar-refractivity contribution in [2.75, 3.05) is 0 Å². The summed E-state index contributed by atoms with van der Waals surface area (Å²) >= 11 is 5.07. The average Bonchev–Trinajstić information content (AvgIpc) is 2.32. The smallest absolute Gasteiger partial charge is 0.138 e. The fourth-order valence-electron chi connectivity index (χ4n) is 1.28. The third kappa shape index (κ3) is 3.93. The SMILES string of the molecule is CC(C)(C)CC(=O)Cc1sccc1Br. The van der Waals surface area contributed by atoms with Crippen LogP contribution in [0.15, 0.2) is 15.9 Å². The van der Waals surface area contributed by atoms with Crippen molar-refractivity contribution in [1.29, 1.82) is 0 Å². The van der Waals surface area contributed by atoms with Crippen LogP contribution in [0.1, 0.15) is 32.1 Å². The summed E-state index contributed by atoms with van der Waals surface area (Å²) in [6.07, 6.45) is 1.22. The minimum absolute atomic E-state index is 0.0980. The van der Waals surface area contributed by atoms with E-state index in [0.29, 0.717) is 18.6 Å². The van der Waals surface area contributed by atoms with E-state index in [1.54, 1.807) is 11.3 Å². The van der Waals surface area contributed by atoms with Crippen LogP contribution >= 0.6 is 27.3 Å². The van der Waals surface area contributed by atoms with E-state index >= 15 is 0 Å². The number of carbonyl (C=O) groups excluding carboxylic acids is 1. The van der Waals surface area contributed by atoms with Gasteiger partial charge in [0.05, 0.1) is 0 Å². The summed E-state index contributed by atoms with van der Waals surface area (Å²) in [6.45, 7) is 6.27. The van der Waals surface area contributed by atoms with Gasteiger partial charge in [0.25, 0.3) is 0 Å². The Labute approximate surface area is 97.7 Å². The fraction of sp³-hybridized carbons (Fsp3) is 0.545. The maximum atomic E-state index is 11.7. The molecule has 78 valence electrons. The molecule has 0 fully saturated rings. The zero-order chi connectivity index (χ0) is 10.8. The summed E-state index contributed by atoms with van der Waals surface area (Å²) in [5, 5.41) is 2.00. The van der Waals surface area contributed by atoms with Crippen molar-refractivity contribution in [3.8, 4) is 0 Å². The Morgan fingerprint density at radius 3 is 2.57 bits per heavy atom. The van der Waals surface area contributed by atoms with Gasteiger partial charge in [-0.25, -0.2) is 0 Å². The van der Waals surface area contributed by atoms with Crippen LogP contribution in [0, 0.1) is 5.41 Å². The van der Waals surface area contributed by atoms with Gasteiger partial charge in [0.2, 0.25) is 0 Å². The zero-order valence-corrected chi connectivity index (χ0v) is 11.2. The molecule has 0 radical (unpaired) electrons. The van der Waals surface area contributed by atoms with Gasteiger partial charge in [0, 0.05) is 22.2 Å². The molecule has 0 aromatic carbocycles. The van der Waals surface area contributed by atoms with E-state index < -0.39 is 0 Å². The Morgan fingerprint density at radius 2 is 2.14 bits per heavy atom. The Balaban J connectivity index is 2.54. The second kappa shape index (κ2) is 4.58. The van der Waals surface area contributed by atoms with E-state index in [9.17, 15) is 4.79 Å². The quantitative estimate of drug-likeness (QED) is 0.813. The Morgan fingerprint density at radius 1 is 1.50 bits per heavy atom. The van der Waals surface area contributed by atoms with Crippen LogP contribution < -0.4 is 0 Å². The number of carbonyl (C=O) groups is 1. The maximum Gasteiger partial charge on any atom is 0.138 e. The summed E-state index contributed by atoms with van der Waals surface area (Å²) in [7, 11) is 0. The van der Waals surface area contributed by atoms with Crippen LogP contribution in [0.4, 0.5) is 0 Å². The number of hydrogen-bond donors (Lipinski definition) is 0. The van der Waals surface area contributed by atoms with Crippen molar-refractivity contribution in [2.24, 2.45) is 5.41 Å². The van der Waals surface area contributed by atoms with Crippen molar-refractivity contribution in [3.05, 3.63) is 20.8 Å². The third-order valence-corrected chi connectivity index (χ3v) is 3.70. The Kier molecular flexibility index (Phi) is 3.90. The highest BCUT2D eigenvalue weighted by atomic mass is 79.9. The molecule has 3 heteroatoms. The summed E-state index contributed by atoms with van der Waals surface area (Å²) < 4.78 is 1.06. The molecule has 14 heavy (non-hydrogen) atoms. The van der Waals surface area contributed by atoms with Crippen LogP contribution in [0.5, 0.6) is 0 Å². The number of halogens is 1. The third-order valence-electron chi connectivity index (χ3n) is 1.78. The van der Waals surface area contributed by atoms with Gasteiger partial charge < -0.3 is 0 Å². The molecule has 0 saturated carbocycles. The average molecular weight is 275 g/mol. The topological polar surface area (TPSA) is 17.1 Å². The molecule has 0 saturated heterocycles. The normalized spacial score (nSPS) is 11.7. The lowest BCUT2D eigenvalue weighted by molar-refractivity contribution is -0.120. The predicted octanol–water partition coefficient (Wildman–Crippen LogP) is 4.06. The molecule has 0 N–H and O–H groups in total. The summed E-state index contributed by atoms with van der Waals surface area (Å²) in [5.74, 6) is 0.320. The molecule has 1 aromatic heterocycles. The molecule has 0 aliphatic rings. The number of ketones is 1. The first-order chi connectivity index (χ1) is 6.38. The molecular formula is C11H15BrOS. The number of Topliss-reactive ketones (excluding diaryl/α,β-unsaturated/α-hetero) is 1. The van der Waals surface area contributed by atoms with Gasteiger partial charge in [-0.2, -0.15) is 0 Å². The monoisotopic (exact) mass is 274 g/mol. The van der Waals surface area contributed by atoms with E-state index in [-0.39, 0.29) is 5.41 Å². The summed E-state index contributed by atoms with van der Waals surface area (Å²) in [6, 6.07) is 1.99. The molecule has 0 atom stereocenters. The van der Waals surface area contributed by atoms with Crippen molar-refractivity contribution >= 4 is 33.0 Å². The first kappa shape index (κ1) is 11.9. The number of thiophene rings is 1. The fourth-order valence-corrected chi connectivity index (χ4v) is 2.81. The summed E-state index contributed by atoms with van der Waals surface area (Å²) in [4.78, 5) is 12.8. The first-order valence-corrected chi connectivity index (χ1v) is 6.29. The molecule has 0 spiro atoms. The van der Waals surface area contributed by atoms with Gasteiger partial charge in [-0.15, -0.1) is 11.3 Å². The Hall–Kier alpha value is -0.150. The first-order valence-electron chi connectivity index (χ1n) is 4.62. The molecule has 0 aliphatic carbocycles. The van der Waals surface area contributed by atoms with Crippen LogP contribution in [-0.2, 0) is 11.2 Å². The van der Waals surface area contributed by atoms with E-state index in [2.05, 4.69) is 36.7 Å². The van der Waals surface area contributed by atoms with Crippen LogP contribution in [0.2, 0.25) is 0 Å². The van der Waals surface area contributed by atoms with Gasteiger partial charge >= 0.3 is 0 Å². The molecule has 0 bridgehead atoms. The molecule has 0 aliphatic heterocycles. The van der Waals surface area contributed by atoms with Gasteiger partial charge in [-0.3, -0.25) is 4.79 Å². The van der Waals surface area contributed by atoms with Gasteiger partial charge in [0.15, 0.2) is 0 Å². The second-order valence-corrected chi connectivity index (χ2v) is 6.50. The second-order valence-electron chi connectivity index (χ2n) is 4.64. The van der Waals surface area contributed by atoms with E-state index in [4.69, 9.17) is 0 Å². The lowest BCUT2D eigenvalue weighted by Crippen LogP contribution is -2.14. The van der Waals surface area contributed by atoms with Crippen molar-refractivity contribution < 1.29 is 4.79 Å². The molecular weight excluding hydrogens is 260 g/mol. The van der Waals surface area contributed by atoms with Gasteiger partial charge in [0.1, 0.15) is 5.78 Å².